The van der Waals surface area contributed by atoms with Crippen molar-refractivity contribution >= 4 is 52.6 Å². The smallest absolute Gasteiger partial charge is 0.408 e. The number of carbonyl (C=O) groups is 3. The molecule has 3 fully saturated rings. The first-order valence-corrected chi connectivity index (χ1v) is 22.2. The summed E-state index contributed by atoms with van der Waals surface area (Å²) in [6, 6.07) is 5.26. The number of ether oxygens (including phenoxy) is 3. The van der Waals surface area contributed by atoms with Gasteiger partial charge in [0.25, 0.3) is 0 Å². The second kappa shape index (κ2) is 16.8. The molecule has 57 heavy (non-hydrogen) atoms. The number of benzene rings is 1. The van der Waals surface area contributed by atoms with Crippen LogP contribution in [0.3, 0.4) is 0 Å². The predicted octanol–water partition coefficient (Wildman–Crippen LogP) is 7.44. The number of hydrogen-bond acceptors (Lipinski definition) is 11. The molecule has 1 saturated heterocycles. The van der Waals surface area contributed by atoms with Crippen molar-refractivity contribution in [2.24, 2.45) is 11.3 Å². The highest BCUT2D eigenvalue weighted by atomic mass is 32.1. The molecule has 6 atom stereocenters. The number of likely N-dealkylation sites (tertiary alicyclic amines) is 1. The fraction of sp³-hybridized carbons (Fsp3) is 0.537. The van der Waals surface area contributed by atoms with Gasteiger partial charge in [-0.1, -0.05) is 32.9 Å². The Kier molecular flexibility index (Phi) is 12.4. The van der Waals surface area contributed by atoms with E-state index in [9.17, 15) is 23.8 Å². The zero-order valence-electron chi connectivity index (χ0n) is 33.7. The highest BCUT2D eigenvalue weighted by molar-refractivity contribution is 7.63. The Labute approximate surface area is 338 Å². The SMILES string of the molecule is C=C[C@@H]1C[C@]1(NC(=O)[C@@H]1C[C@@H](Oc2cc(-c3csc(NC(C)C)n3)nc3cc(OC)ccc23)CN1C(=O)[C@@H](NC(=O)OC1CCCC1)C(C)(C)C)P(=O)(O)C=CC. The van der Waals surface area contributed by atoms with E-state index in [0.717, 1.165) is 30.8 Å². The van der Waals surface area contributed by atoms with E-state index in [1.165, 1.54) is 28.1 Å². The molecule has 3 amide bonds. The molecule has 3 heterocycles. The van der Waals surface area contributed by atoms with Crippen LogP contribution in [-0.4, -0.2) is 86.9 Å². The van der Waals surface area contributed by atoms with Gasteiger partial charge < -0.3 is 40.0 Å². The summed E-state index contributed by atoms with van der Waals surface area (Å²) in [5.74, 6) is 0.747. The number of methoxy groups -OCH3 is 1. The van der Waals surface area contributed by atoms with E-state index in [1.807, 2.05) is 46.1 Å². The summed E-state index contributed by atoms with van der Waals surface area (Å²) < 4.78 is 31.6. The van der Waals surface area contributed by atoms with Crippen LogP contribution in [0, 0.1) is 11.3 Å². The minimum Gasteiger partial charge on any atom is -0.497 e. The summed E-state index contributed by atoms with van der Waals surface area (Å²) in [6.07, 6.45) is 5.19. The normalized spacial score (nSPS) is 23.9. The molecular formula is C41H55N6O8PS. The van der Waals surface area contributed by atoms with Crippen molar-refractivity contribution in [3.05, 3.63) is 54.2 Å². The maximum absolute atomic E-state index is 14.7. The van der Waals surface area contributed by atoms with Crippen molar-refractivity contribution in [3.8, 4) is 22.9 Å². The molecule has 16 heteroatoms. The third-order valence-electron chi connectivity index (χ3n) is 10.8. The van der Waals surface area contributed by atoms with Crippen LogP contribution in [0.1, 0.15) is 80.1 Å². The number of hydrogen-bond donors (Lipinski definition) is 4. The van der Waals surface area contributed by atoms with Gasteiger partial charge >= 0.3 is 6.09 Å². The fourth-order valence-corrected chi connectivity index (χ4v) is 10.5. The van der Waals surface area contributed by atoms with Gasteiger partial charge in [0.15, 0.2) is 5.13 Å². The Bertz CT molecular complexity index is 2080. The molecule has 6 rings (SSSR count). The van der Waals surface area contributed by atoms with Crippen LogP contribution in [0.4, 0.5) is 9.93 Å². The number of amides is 3. The molecule has 2 aromatic heterocycles. The van der Waals surface area contributed by atoms with Crippen LogP contribution in [0.5, 0.6) is 11.5 Å². The first kappa shape index (κ1) is 42.2. The van der Waals surface area contributed by atoms with Gasteiger partial charge in [0.2, 0.25) is 19.2 Å². The third-order valence-corrected chi connectivity index (χ3v) is 14.0. The van der Waals surface area contributed by atoms with Gasteiger partial charge in [0.1, 0.15) is 46.8 Å². The number of pyridine rings is 1. The minimum atomic E-state index is -4.04. The molecule has 4 N–H and O–H groups in total. The Morgan fingerprint density at radius 3 is 2.49 bits per heavy atom. The zero-order valence-corrected chi connectivity index (χ0v) is 35.5. The van der Waals surface area contributed by atoms with E-state index in [0.29, 0.717) is 33.8 Å². The number of fused-ring (bicyclic) bond motifs is 1. The van der Waals surface area contributed by atoms with E-state index in [-0.39, 0.29) is 31.5 Å². The van der Waals surface area contributed by atoms with Crippen LogP contribution >= 0.6 is 18.7 Å². The fourth-order valence-electron chi connectivity index (χ4n) is 7.69. The highest BCUT2D eigenvalue weighted by Gasteiger charge is 2.65. The van der Waals surface area contributed by atoms with Crippen molar-refractivity contribution in [3.63, 3.8) is 0 Å². The van der Waals surface area contributed by atoms with Gasteiger partial charge in [0, 0.05) is 41.3 Å². The largest absolute Gasteiger partial charge is 0.497 e. The molecule has 1 unspecified atom stereocenters. The standard InChI is InChI=1S/C41H55N6O8PS/c1-9-17-56(51,52)41(21-25(41)10-2)46-36(48)33-19-28(22-47(33)37(49)35(40(5,6)7)45-39(50)55-26-13-11-12-14-26)54-34-20-31(32-23-57-38(44-32)42-24(3)4)43-30-18-27(53-8)15-16-29(30)34/h9-10,15-18,20,23-26,28,33,35H,2,11-14,19,21-22H2,1,3-8H3,(H,42,44)(H,45,50)(H,46,48)(H,51,52)/t25-,28-,33+,35-,41+/m1/s1. The van der Waals surface area contributed by atoms with Crippen LogP contribution in [-0.2, 0) is 18.9 Å². The molecule has 2 aliphatic carbocycles. The lowest BCUT2D eigenvalue weighted by Gasteiger charge is -2.35. The lowest BCUT2D eigenvalue weighted by atomic mass is 9.85. The molecule has 3 aliphatic rings. The summed E-state index contributed by atoms with van der Waals surface area (Å²) in [4.78, 5) is 64.6. The van der Waals surface area contributed by atoms with Crippen molar-refractivity contribution in [1.29, 1.82) is 0 Å². The maximum atomic E-state index is 14.7. The first-order valence-electron chi connectivity index (χ1n) is 19.5. The highest BCUT2D eigenvalue weighted by Crippen LogP contribution is 2.70. The molecule has 1 aliphatic heterocycles. The van der Waals surface area contributed by atoms with Crippen LogP contribution in [0.25, 0.3) is 22.3 Å². The number of aromatic nitrogens is 2. The number of allylic oxidation sites excluding steroid dienone is 1. The molecule has 0 radical (unpaired) electrons. The molecule has 14 nitrogen and oxygen atoms in total. The predicted molar refractivity (Wildman–Crippen MR) is 222 cm³/mol. The van der Waals surface area contributed by atoms with E-state index in [4.69, 9.17) is 24.2 Å². The quantitative estimate of drug-likeness (QED) is 0.0937. The average Bonchev–Trinajstić information content (AvgIpc) is 3.55. The minimum absolute atomic E-state index is 0.0130. The van der Waals surface area contributed by atoms with Crippen LogP contribution in [0.2, 0.25) is 0 Å². The zero-order chi connectivity index (χ0) is 41.3. The first-order chi connectivity index (χ1) is 27.0. The lowest BCUT2D eigenvalue weighted by molar-refractivity contribution is -0.142. The summed E-state index contributed by atoms with van der Waals surface area (Å²) in [6.45, 7) is 15.0. The van der Waals surface area contributed by atoms with Crippen molar-refractivity contribution < 1.29 is 38.1 Å². The third kappa shape index (κ3) is 9.16. The molecule has 0 spiro atoms. The van der Waals surface area contributed by atoms with Crippen molar-refractivity contribution in [2.75, 3.05) is 19.0 Å². The summed E-state index contributed by atoms with van der Waals surface area (Å²) in [7, 11) is -2.46. The summed E-state index contributed by atoms with van der Waals surface area (Å²) >= 11 is 1.46. The number of nitrogens with one attached hydrogen (secondary N) is 3. The molecule has 308 valence electrons. The summed E-state index contributed by atoms with van der Waals surface area (Å²) in [5.41, 5.74) is 1.02. The number of nitrogens with zero attached hydrogens (tertiary/aromatic N) is 3. The van der Waals surface area contributed by atoms with E-state index < -0.39 is 60.1 Å². The average molecular weight is 823 g/mol. The van der Waals surface area contributed by atoms with E-state index in [1.54, 1.807) is 38.3 Å². The number of alkyl carbamates (subject to hydrolysis) is 1. The second-order valence-corrected chi connectivity index (χ2v) is 19.7. The maximum Gasteiger partial charge on any atom is 0.408 e. The number of anilines is 1. The van der Waals surface area contributed by atoms with Gasteiger partial charge in [-0.15, -0.1) is 17.9 Å². The van der Waals surface area contributed by atoms with Gasteiger partial charge in [0.05, 0.1) is 24.9 Å². The van der Waals surface area contributed by atoms with Gasteiger partial charge in [-0.05, 0) is 76.2 Å². The second-order valence-electron chi connectivity index (χ2n) is 16.5. The van der Waals surface area contributed by atoms with Crippen LogP contribution < -0.4 is 25.4 Å². The number of thiazole rings is 1. The molecule has 3 aromatic rings. The molecular weight excluding hydrogens is 768 g/mol. The Morgan fingerprint density at radius 2 is 1.86 bits per heavy atom. The molecule has 1 aromatic carbocycles. The van der Waals surface area contributed by atoms with E-state index in [2.05, 4.69) is 22.5 Å². The van der Waals surface area contributed by atoms with Gasteiger partial charge in [-0.3, -0.25) is 14.2 Å². The van der Waals surface area contributed by atoms with Crippen molar-refractivity contribution in [1.82, 2.24) is 25.5 Å². The van der Waals surface area contributed by atoms with Gasteiger partial charge in [-0.2, -0.15) is 0 Å². The molecule has 0 bridgehead atoms. The van der Waals surface area contributed by atoms with Crippen molar-refractivity contribution in [2.45, 2.75) is 116 Å². The van der Waals surface area contributed by atoms with Crippen LogP contribution in [0.15, 0.2) is 54.2 Å². The molecule has 2 saturated carbocycles. The van der Waals surface area contributed by atoms with Gasteiger partial charge in [-0.25, -0.2) is 14.8 Å². The lowest BCUT2D eigenvalue weighted by Crippen LogP contribution is -2.58. The number of carbonyl (C=O) groups excluding carboxylic acids is 3. The topological polar surface area (TPSA) is 181 Å². The number of rotatable bonds is 14. The van der Waals surface area contributed by atoms with E-state index >= 15 is 0 Å². The Hall–Kier alpha value is -4.46. The monoisotopic (exact) mass is 822 g/mol. The summed E-state index contributed by atoms with van der Waals surface area (Å²) in [5, 5.41) is 10.9. The Morgan fingerprint density at radius 1 is 1.12 bits per heavy atom. The Balaban J connectivity index is 1.35.